The van der Waals surface area contributed by atoms with Crippen LogP contribution in [0.5, 0.6) is 0 Å². The Balaban J connectivity index is 4.44. The van der Waals surface area contributed by atoms with Gasteiger partial charge in [-0.3, -0.25) is 14.4 Å². The molecule has 0 amide bonds. The zero-order valence-electron chi connectivity index (χ0n) is 48.1. The molecule has 0 fully saturated rings. The van der Waals surface area contributed by atoms with Gasteiger partial charge in [0.05, 0.1) is 0 Å². The Labute approximate surface area is 452 Å². The number of carbonyl (C=O) groups is 3. The van der Waals surface area contributed by atoms with Crippen molar-refractivity contribution < 1.29 is 28.6 Å². The topological polar surface area (TPSA) is 78.9 Å². The molecule has 0 bridgehead atoms. The van der Waals surface area contributed by atoms with E-state index in [1.165, 1.54) is 193 Å². The molecule has 0 aliphatic rings. The molecular weight excluding hydrogens is 901 g/mol. The summed E-state index contributed by atoms with van der Waals surface area (Å²) in [4.78, 5) is 38.2. The van der Waals surface area contributed by atoms with E-state index in [0.29, 0.717) is 19.3 Å². The van der Waals surface area contributed by atoms with Gasteiger partial charge in [0, 0.05) is 19.3 Å². The SMILES string of the molecule is CCCCC/C=C\C/C=C\C/C=C\C/C=C\C/C=C\CCC(=O)OC[C@H](COC(=O)CCCCCCCCCCCCC/C=C\CCCCCCCC)OC(=O)CCCCCCCCC/C=C\CCCCCC. The van der Waals surface area contributed by atoms with Crippen molar-refractivity contribution in [1.29, 1.82) is 0 Å². The predicted molar refractivity (Wildman–Crippen MR) is 316 cm³/mol. The first-order valence-electron chi connectivity index (χ1n) is 31.1. The second-order valence-electron chi connectivity index (χ2n) is 20.6. The summed E-state index contributed by atoms with van der Waals surface area (Å²) in [6, 6.07) is 0. The molecule has 0 radical (unpaired) electrons. The first-order valence-corrected chi connectivity index (χ1v) is 31.1. The zero-order chi connectivity index (χ0) is 52.9. The summed E-state index contributed by atoms with van der Waals surface area (Å²) < 4.78 is 16.8. The van der Waals surface area contributed by atoms with Crippen molar-refractivity contribution in [2.75, 3.05) is 13.2 Å². The minimum Gasteiger partial charge on any atom is -0.462 e. The van der Waals surface area contributed by atoms with Crippen LogP contribution in [0.3, 0.4) is 0 Å². The number of ether oxygens (including phenoxy) is 3. The number of carbonyl (C=O) groups excluding carboxylic acids is 3. The Morgan fingerprint density at radius 2 is 0.521 bits per heavy atom. The molecule has 0 saturated heterocycles. The number of rotatable bonds is 56. The summed E-state index contributed by atoms with van der Waals surface area (Å²) in [5.74, 6) is -0.982. The van der Waals surface area contributed by atoms with Gasteiger partial charge in [0.1, 0.15) is 13.2 Å². The third-order valence-electron chi connectivity index (χ3n) is 13.4. The average molecular weight is 1020 g/mol. The van der Waals surface area contributed by atoms with Crippen molar-refractivity contribution in [2.45, 2.75) is 309 Å². The highest BCUT2D eigenvalue weighted by Crippen LogP contribution is 2.16. The molecule has 0 unspecified atom stereocenters. The van der Waals surface area contributed by atoms with Gasteiger partial charge in [-0.1, -0.05) is 260 Å². The minimum atomic E-state index is -0.810. The van der Waals surface area contributed by atoms with Crippen LogP contribution in [0, 0.1) is 0 Å². The number of hydrogen-bond donors (Lipinski definition) is 0. The summed E-state index contributed by atoms with van der Waals surface area (Å²) in [5.41, 5.74) is 0. The Bertz CT molecular complexity index is 1400. The van der Waals surface area contributed by atoms with Gasteiger partial charge in [0.15, 0.2) is 6.10 Å². The maximum atomic E-state index is 12.9. The number of esters is 3. The molecule has 0 aromatic heterocycles. The van der Waals surface area contributed by atoms with E-state index >= 15 is 0 Å². The van der Waals surface area contributed by atoms with Crippen molar-refractivity contribution in [1.82, 2.24) is 0 Å². The lowest BCUT2D eigenvalue weighted by Crippen LogP contribution is -2.30. The summed E-state index contributed by atoms with van der Waals surface area (Å²) in [6.45, 7) is 6.55. The molecule has 0 aromatic carbocycles. The van der Waals surface area contributed by atoms with Gasteiger partial charge < -0.3 is 14.2 Å². The number of hydrogen-bond acceptors (Lipinski definition) is 6. The van der Waals surface area contributed by atoms with E-state index in [4.69, 9.17) is 14.2 Å². The highest BCUT2D eigenvalue weighted by molar-refractivity contribution is 5.71. The Morgan fingerprint density at radius 1 is 0.274 bits per heavy atom. The van der Waals surface area contributed by atoms with Crippen molar-refractivity contribution in [3.05, 3.63) is 85.1 Å². The summed E-state index contributed by atoms with van der Waals surface area (Å²) in [7, 11) is 0. The fraction of sp³-hybridized carbons (Fsp3) is 0.746. The second kappa shape index (κ2) is 61.1. The molecule has 0 aliphatic heterocycles. The highest BCUT2D eigenvalue weighted by Gasteiger charge is 2.19. The van der Waals surface area contributed by atoms with Crippen LogP contribution < -0.4 is 0 Å². The molecule has 0 aromatic rings. The van der Waals surface area contributed by atoms with E-state index in [9.17, 15) is 14.4 Å². The van der Waals surface area contributed by atoms with Gasteiger partial charge in [-0.2, -0.15) is 0 Å². The summed E-state index contributed by atoms with van der Waals surface area (Å²) in [6.07, 6.45) is 80.2. The van der Waals surface area contributed by atoms with Crippen molar-refractivity contribution in [2.24, 2.45) is 0 Å². The monoisotopic (exact) mass is 1020 g/mol. The quantitative estimate of drug-likeness (QED) is 0.0261. The molecule has 73 heavy (non-hydrogen) atoms. The molecule has 0 rings (SSSR count). The van der Waals surface area contributed by atoms with Crippen molar-refractivity contribution in [3.63, 3.8) is 0 Å². The van der Waals surface area contributed by atoms with Crippen LogP contribution in [0.1, 0.15) is 303 Å². The molecule has 0 N–H and O–H groups in total. The lowest BCUT2D eigenvalue weighted by molar-refractivity contribution is -0.166. The molecule has 420 valence electrons. The van der Waals surface area contributed by atoms with Crippen LogP contribution >= 0.6 is 0 Å². The van der Waals surface area contributed by atoms with Gasteiger partial charge in [-0.15, -0.1) is 0 Å². The van der Waals surface area contributed by atoms with E-state index in [1.54, 1.807) is 0 Å². The van der Waals surface area contributed by atoms with Crippen molar-refractivity contribution >= 4 is 17.9 Å². The van der Waals surface area contributed by atoms with Gasteiger partial charge >= 0.3 is 17.9 Å². The normalized spacial score (nSPS) is 12.6. The maximum Gasteiger partial charge on any atom is 0.306 e. The largest absolute Gasteiger partial charge is 0.462 e. The third-order valence-corrected chi connectivity index (χ3v) is 13.4. The van der Waals surface area contributed by atoms with Crippen molar-refractivity contribution in [3.8, 4) is 0 Å². The fourth-order valence-electron chi connectivity index (χ4n) is 8.65. The Morgan fingerprint density at radius 3 is 0.904 bits per heavy atom. The molecule has 0 spiro atoms. The highest BCUT2D eigenvalue weighted by atomic mass is 16.6. The standard InChI is InChI=1S/C67H116O6/c1-4-7-10-13-16-19-22-25-28-30-32-33-35-37-40-42-45-48-51-54-57-60-66(69)72-63-64(73-67(70)61-58-55-52-49-46-43-38-27-24-21-18-15-12-9-6-3)62-71-65(68)59-56-53-50-47-44-41-39-36-34-31-29-26-23-20-17-14-11-8-5-2/h17,20-21,24-26,28-29,34,36,41,44,50,53,64H,4-16,18-19,22-23,27,30-33,35,37-40,42-43,45-49,51-52,54-63H2,1-3H3/b20-17-,24-21-,28-25-,29-26-,36-34-,44-41-,53-50-/t64-/m1/s1. The second-order valence-corrected chi connectivity index (χ2v) is 20.6. The molecule has 0 saturated carbocycles. The Hall–Kier alpha value is -3.41. The summed E-state index contributed by atoms with van der Waals surface area (Å²) in [5, 5.41) is 0. The van der Waals surface area contributed by atoms with Gasteiger partial charge in [0.2, 0.25) is 0 Å². The van der Waals surface area contributed by atoms with Crippen LogP contribution in [-0.4, -0.2) is 37.2 Å². The zero-order valence-corrected chi connectivity index (χ0v) is 48.1. The number of unbranched alkanes of at least 4 members (excludes halogenated alkanes) is 31. The molecule has 0 aliphatic carbocycles. The van der Waals surface area contributed by atoms with Crippen LogP contribution in [0.2, 0.25) is 0 Å². The first-order chi connectivity index (χ1) is 36.0. The van der Waals surface area contributed by atoms with Crippen LogP contribution in [0.15, 0.2) is 85.1 Å². The van der Waals surface area contributed by atoms with Gasteiger partial charge in [0.25, 0.3) is 0 Å². The molecule has 6 heteroatoms. The lowest BCUT2D eigenvalue weighted by Gasteiger charge is -2.18. The van der Waals surface area contributed by atoms with E-state index in [1.807, 2.05) is 6.08 Å². The maximum absolute atomic E-state index is 12.9. The Kier molecular flexibility index (Phi) is 58.3. The molecule has 1 atom stereocenters. The van der Waals surface area contributed by atoms with Crippen LogP contribution in [-0.2, 0) is 28.6 Å². The number of allylic oxidation sites excluding steroid dienone is 14. The minimum absolute atomic E-state index is 0.100. The average Bonchev–Trinajstić information content (AvgIpc) is 3.39. The molecule has 0 heterocycles. The van der Waals surface area contributed by atoms with E-state index < -0.39 is 6.10 Å². The van der Waals surface area contributed by atoms with Gasteiger partial charge in [-0.05, 0) is 109 Å². The van der Waals surface area contributed by atoms with E-state index in [0.717, 1.165) is 64.2 Å². The molecule has 6 nitrogen and oxygen atoms in total. The smallest absolute Gasteiger partial charge is 0.306 e. The van der Waals surface area contributed by atoms with E-state index in [-0.39, 0.29) is 37.5 Å². The van der Waals surface area contributed by atoms with E-state index in [2.05, 4.69) is 99.8 Å². The lowest BCUT2D eigenvalue weighted by atomic mass is 10.0. The summed E-state index contributed by atoms with van der Waals surface area (Å²) >= 11 is 0. The fourth-order valence-corrected chi connectivity index (χ4v) is 8.65. The van der Waals surface area contributed by atoms with Gasteiger partial charge in [-0.25, -0.2) is 0 Å². The first kappa shape index (κ1) is 69.6. The molecular formula is C67H116O6. The van der Waals surface area contributed by atoms with Crippen LogP contribution in [0.25, 0.3) is 0 Å². The predicted octanol–water partition coefficient (Wildman–Crippen LogP) is 21.1. The third kappa shape index (κ3) is 59.3. The van der Waals surface area contributed by atoms with Crippen LogP contribution in [0.4, 0.5) is 0 Å².